The number of aryl methyl sites for hydroxylation is 2. The molecule has 3 aromatic carbocycles. The molecule has 0 saturated heterocycles. The third kappa shape index (κ3) is 5.33. The van der Waals surface area contributed by atoms with Crippen molar-refractivity contribution in [1.29, 1.82) is 5.41 Å². The van der Waals surface area contributed by atoms with E-state index in [-0.39, 0.29) is 41.9 Å². The predicted molar refractivity (Wildman–Crippen MR) is 149 cm³/mol. The van der Waals surface area contributed by atoms with Crippen molar-refractivity contribution in [3.8, 4) is 5.75 Å². The molecule has 5 rings (SSSR count). The fraction of sp³-hybridized carbons (Fsp3) is 0.233. The number of anilines is 2. The maximum Gasteiger partial charge on any atom is 0.316 e. The van der Waals surface area contributed by atoms with Gasteiger partial charge in [-0.15, -0.1) is 4.91 Å². The molecule has 1 aliphatic heterocycles. The van der Waals surface area contributed by atoms with Gasteiger partial charge in [-0.2, -0.15) is 0 Å². The Hall–Kier alpha value is -4.30. The van der Waals surface area contributed by atoms with Crippen LogP contribution in [0.3, 0.4) is 0 Å². The van der Waals surface area contributed by atoms with Crippen LogP contribution < -0.4 is 9.64 Å². The van der Waals surface area contributed by atoms with Gasteiger partial charge in [-0.05, 0) is 85.8 Å². The van der Waals surface area contributed by atoms with Gasteiger partial charge in [-0.25, -0.2) is 0 Å². The summed E-state index contributed by atoms with van der Waals surface area (Å²) in [4.78, 5) is 36.5. The number of aliphatic hydroxyl groups is 1. The average Bonchev–Trinajstić information content (AvgIpc) is 3.78. The summed E-state index contributed by atoms with van der Waals surface area (Å²) >= 11 is 6.42. The molecule has 0 unspecified atom stereocenters. The van der Waals surface area contributed by atoms with Crippen LogP contribution in [0.4, 0.5) is 11.4 Å². The predicted octanol–water partition coefficient (Wildman–Crippen LogP) is 6.83. The number of hydrogen-bond acceptors (Lipinski definition) is 6. The number of fused-ring (bicyclic) bond motifs is 1. The summed E-state index contributed by atoms with van der Waals surface area (Å²) < 4.78 is 6.10. The van der Waals surface area contributed by atoms with Crippen LogP contribution in [-0.2, 0) is 11.2 Å². The summed E-state index contributed by atoms with van der Waals surface area (Å²) in [5.41, 5.74) is 4.27. The number of nitrogens with one attached hydrogen (secondary N) is 1. The molecule has 1 fully saturated rings. The fourth-order valence-electron chi connectivity index (χ4n) is 4.78. The van der Waals surface area contributed by atoms with Crippen molar-refractivity contribution < 1.29 is 19.4 Å². The van der Waals surface area contributed by atoms with E-state index in [0.717, 1.165) is 24.0 Å². The Morgan fingerprint density at radius 3 is 2.54 bits per heavy atom. The van der Waals surface area contributed by atoms with Gasteiger partial charge in [0, 0.05) is 34.3 Å². The smallest absolute Gasteiger partial charge is 0.316 e. The molecule has 0 bridgehead atoms. The van der Waals surface area contributed by atoms with Crippen molar-refractivity contribution in [2.24, 2.45) is 11.1 Å². The lowest BCUT2D eigenvalue weighted by Gasteiger charge is -2.30. The number of rotatable bonds is 8. The first-order chi connectivity index (χ1) is 18.8. The van der Waals surface area contributed by atoms with E-state index in [1.807, 2.05) is 25.1 Å². The molecule has 2 amide bonds. The van der Waals surface area contributed by atoms with Gasteiger partial charge in [0.25, 0.3) is 0 Å². The van der Waals surface area contributed by atoms with E-state index < -0.39 is 5.91 Å². The monoisotopic (exact) mass is 543 g/mol. The van der Waals surface area contributed by atoms with E-state index in [1.54, 1.807) is 35.2 Å². The van der Waals surface area contributed by atoms with Gasteiger partial charge >= 0.3 is 5.91 Å². The fourth-order valence-corrected chi connectivity index (χ4v) is 5.10. The highest BCUT2D eigenvalue weighted by molar-refractivity contribution is 6.35. The van der Waals surface area contributed by atoms with Gasteiger partial charge in [-0.3, -0.25) is 19.9 Å². The number of nitrogens with zero attached hydrogens (tertiary/aromatic N) is 2. The minimum Gasteiger partial charge on any atom is -0.512 e. The molecule has 1 heterocycles. The van der Waals surface area contributed by atoms with E-state index >= 15 is 0 Å². The first-order valence-electron chi connectivity index (χ1n) is 12.6. The summed E-state index contributed by atoms with van der Waals surface area (Å²) in [5, 5.41) is 22.7. The van der Waals surface area contributed by atoms with Crippen LogP contribution in [-0.4, -0.2) is 29.2 Å². The van der Waals surface area contributed by atoms with E-state index in [0.29, 0.717) is 39.7 Å². The largest absolute Gasteiger partial charge is 0.512 e. The first kappa shape index (κ1) is 26.3. The van der Waals surface area contributed by atoms with E-state index in [4.69, 9.17) is 21.7 Å². The van der Waals surface area contributed by atoms with Crippen LogP contribution in [0.1, 0.15) is 46.3 Å². The van der Waals surface area contributed by atoms with Crippen molar-refractivity contribution >= 4 is 40.5 Å². The summed E-state index contributed by atoms with van der Waals surface area (Å²) in [5.74, 6) is -0.218. The normalized spacial score (nSPS) is 15.3. The third-order valence-electron chi connectivity index (χ3n) is 7.03. The molecule has 39 heavy (non-hydrogen) atoms. The molecule has 0 radical (unpaired) electrons. The van der Waals surface area contributed by atoms with Gasteiger partial charge in [0.05, 0.1) is 22.0 Å². The first-order valence-corrected chi connectivity index (χ1v) is 13.0. The van der Waals surface area contributed by atoms with Crippen molar-refractivity contribution in [3.05, 3.63) is 104 Å². The number of hydrogen-bond donors (Lipinski definition) is 2. The molecule has 2 aliphatic rings. The van der Waals surface area contributed by atoms with E-state index in [2.05, 4.69) is 5.18 Å². The number of halogens is 1. The van der Waals surface area contributed by atoms with Gasteiger partial charge in [0.1, 0.15) is 18.1 Å². The Balaban J connectivity index is 1.40. The standard InChI is InChI=1S/C30H26ClN3O5/c1-17-3-2-4-24(31)27(17)28(32)23(29(36)18-5-6-18)16-39-22-12-13-25-20(15-22)9-14-26(35)34(25)21-10-7-19(8-11-21)30(37)33-38/h2-4,7-8,10-13,15,18,32,36H,5-6,9,14,16H2,1H3/b29-23-,32-28?. The van der Waals surface area contributed by atoms with Crippen molar-refractivity contribution in [2.45, 2.75) is 32.6 Å². The number of benzene rings is 3. The van der Waals surface area contributed by atoms with Gasteiger partial charge in [0.2, 0.25) is 5.91 Å². The number of carbonyl (C=O) groups is 2. The second-order valence-electron chi connectivity index (χ2n) is 9.70. The maximum atomic E-state index is 12.8. The number of allylic oxidation sites excluding steroid dienone is 1. The van der Waals surface area contributed by atoms with Crippen LogP contribution >= 0.6 is 11.6 Å². The molecule has 198 valence electrons. The molecule has 0 spiro atoms. The minimum atomic E-state index is -0.868. The second-order valence-corrected chi connectivity index (χ2v) is 10.1. The Morgan fingerprint density at radius 2 is 1.87 bits per heavy atom. The van der Waals surface area contributed by atoms with Crippen LogP contribution in [0.15, 0.2) is 77.2 Å². The Labute approximate surface area is 230 Å². The molecular weight excluding hydrogens is 518 g/mol. The lowest BCUT2D eigenvalue weighted by atomic mass is 9.96. The van der Waals surface area contributed by atoms with Gasteiger partial charge in [-0.1, -0.05) is 23.7 Å². The topological polar surface area (TPSA) is 120 Å². The lowest BCUT2D eigenvalue weighted by Crippen LogP contribution is -2.30. The number of aliphatic hydroxyl groups excluding tert-OH is 1. The quantitative estimate of drug-likeness (QED) is 0.183. The van der Waals surface area contributed by atoms with Crippen molar-refractivity contribution in [2.75, 3.05) is 11.5 Å². The lowest BCUT2D eigenvalue weighted by molar-refractivity contribution is -0.118. The van der Waals surface area contributed by atoms with Crippen LogP contribution in [0.5, 0.6) is 5.75 Å². The third-order valence-corrected chi connectivity index (χ3v) is 7.35. The van der Waals surface area contributed by atoms with Gasteiger partial charge in [0.15, 0.2) is 0 Å². The van der Waals surface area contributed by atoms with Crippen LogP contribution in [0.25, 0.3) is 0 Å². The molecule has 3 aromatic rings. The number of nitroso groups, excluding NO2 is 1. The van der Waals surface area contributed by atoms with E-state index in [9.17, 15) is 19.6 Å². The molecule has 8 nitrogen and oxygen atoms in total. The highest BCUT2D eigenvalue weighted by Crippen LogP contribution is 2.39. The Kier molecular flexibility index (Phi) is 7.30. The van der Waals surface area contributed by atoms with Crippen molar-refractivity contribution in [1.82, 2.24) is 0 Å². The second kappa shape index (κ2) is 10.8. The highest BCUT2D eigenvalue weighted by atomic mass is 35.5. The highest BCUT2D eigenvalue weighted by Gasteiger charge is 2.31. The summed E-state index contributed by atoms with van der Waals surface area (Å²) in [7, 11) is 0. The zero-order valence-electron chi connectivity index (χ0n) is 21.2. The molecule has 0 atom stereocenters. The van der Waals surface area contributed by atoms with Gasteiger partial charge < -0.3 is 9.84 Å². The summed E-state index contributed by atoms with van der Waals surface area (Å²) in [6.45, 7) is 1.87. The average molecular weight is 544 g/mol. The van der Waals surface area contributed by atoms with Crippen LogP contribution in [0, 0.1) is 23.2 Å². The minimum absolute atomic E-state index is 0.00643. The molecular formula is C30H26ClN3O5. The maximum absolute atomic E-state index is 12.8. The summed E-state index contributed by atoms with van der Waals surface area (Å²) in [6.07, 6.45) is 2.55. The number of ether oxygens (including phenoxy) is 1. The van der Waals surface area contributed by atoms with E-state index in [1.165, 1.54) is 12.1 Å². The van der Waals surface area contributed by atoms with Crippen molar-refractivity contribution in [3.63, 3.8) is 0 Å². The molecule has 0 aromatic heterocycles. The number of amides is 2. The molecule has 9 heteroatoms. The zero-order chi connectivity index (χ0) is 27.7. The Morgan fingerprint density at radius 1 is 1.13 bits per heavy atom. The Bertz CT molecular complexity index is 1510. The number of carbonyl (C=O) groups excluding carboxylic acids is 2. The molecule has 2 N–H and O–H groups in total. The summed E-state index contributed by atoms with van der Waals surface area (Å²) in [6, 6.07) is 17.0. The molecule has 1 saturated carbocycles. The molecule has 1 aliphatic carbocycles. The van der Waals surface area contributed by atoms with Crippen LogP contribution in [0.2, 0.25) is 5.02 Å². The SMILES string of the molecule is Cc1cccc(Cl)c1C(=N)/C(COc1ccc2c(c1)CCC(=O)N2c1ccc(C(=O)N=O)cc1)=C(\O)C1CC1. The zero-order valence-corrected chi connectivity index (χ0v) is 22.0.